The Kier molecular flexibility index (Phi) is 4.10. The first-order valence-corrected chi connectivity index (χ1v) is 8.04. The molecule has 3 unspecified atom stereocenters. The van der Waals surface area contributed by atoms with Crippen LogP contribution in [-0.2, 0) is 4.79 Å². The summed E-state index contributed by atoms with van der Waals surface area (Å²) in [4.78, 5) is 13.7. The fraction of sp³-hybridized carbons (Fsp3) is 0.588. The smallest absolute Gasteiger partial charge is 0.303 e. The minimum atomic E-state index is -0.781. The molecule has 0 bridgehead atoms. The Balaban J connectivity index is 1.96. The van der Waals surface area contributed by atoms with Gasteiger partial charge in [-0.05, 0) is 24.6 Å². The van der Waals surface area contributed by atoms with E-state index in [4.69, 9.17) is 10.5 Å². The molecule has 1 aromatic carbocycles. The van der Waals surface area contributed by atoms with Gasteiger partial charge in [0.1, 0.15) is 5.75 Å². The molecule has 3 rings (SSSR count). The number of rotatable bonds is 4. The summed E-state index contributed by atoms with van der Waals surface area (Å²) in [6.07, 6.45) is 1.93. The average Bonchev–Trinajstić information content (AvgIpc) is 2.47. The third-order valence-electron chi connectivity index (χ3n) is 4.94. The standard InChI is InChI=1S/C17H24N2O3/c1-2-8-19-9-7-17(18)14(11-19)13(10-16(20)21)12-5-3-4-6-15(12)22-17/h3-6,13-14H,2,7-11,18H2,1H3,(H,20,21). The molecule has 0 spiro atoms. The van der Waals surface area contributed by atoms with Gasteiger partial charge in [-0.2, -0.15) is 0 Å². The van der Waals surface area contributed by atoms with Crippen LogP contribution in [0.2, 0.25) is 0 Å². The number of carboxylic acid groups (broad SMARTS) is 1. The predicted molar refractivity (Wildman–Crippen MR) is 83.8 cm³/mol. The van der Waals surface area contributed by atoms with Crippen molar-refractivity contribution in [1.82, 2.24) is 4.90 Å². The number of nitrogens with zero attached hydrogens (tertiary/aromatic N) is 1. The molecule has 0 saturated carbocycles. The van der Waals surface area contributed by atoms with E-state index in [1.165, 1.54) is 0 Å². The summed E-state index contributed by atoms with van der Waals surface area (Å²) in [6.45, 7) is 4.89. The van der Waals surface area contributed by atoms with Gasteiger partial charge in [0.2, 0.25) is 0 Å². The van der Waals surface area contributed by atoms with E-state index in [9.17, 15) is 9.90 Å². The molecule has 0 aliphatic carbocycles. The number of likely N-dealkylation sites (tertiary alicyclic amines) is 1. The molecule has 2 heterocycles. The summed E-state index contributed by atoms with van der Waals surface area (Å²) in [6, 6.07) is 7.72. The molecule has 1 saturated heterocycles. The first-order valence-electron chi connectivity index (χ1n) is 8.04. The lowest BCUT2D eigenvalue weighted by atomic mass is 9.72. The number of benzene rings is 1. The minimum Gasteiger partial charge on any atom is -0.481 e. The number of hydrogen-bond acceptors (Lipinski definition) is 4. The van der Waals surface area contributed by atoms with Crippen LogP contribution < -0.4 is 10.5 Å². The summed E-state index contributed by atoms with van der Waals surface area (Å²) in [7, 11) is 0. The number of carbonyl (C=O) groups is 1. The fourth-order valence-corrected chi connectivity index (χ4v) is 3.90. The topological polar surface area (TPSA) is 75.8 Å². The van der Waals surface area contributed by atoms with E-state index in [1.807, 2.05) is 24.3 Å². The Morgan fingerprint density at radius 3 is 3.00 bits per heavy atom. The van der Waals surface area contributed by atoms with Gasteiger partial charge in [0.05, 0.1) is 6.42 Å². The Hall–Kier alpha value is -1.59. The highest BCUT2D eigenvalue weighted by molar-refractivity contribution is 5.68. The summed E-state index contributed by atoms with van der Waals surface area (Å²) in [5.41, 5.74) is 6.79. The summed E-state index contributed by atoms with van der Waals surface area (Å²) >= 11 is 0. The highest BCUT2D eigenvalue weighted by atomic mass is 16.5. The van der Waals surface area contributed by atoms with Crippen LogP contribution >= 0.6 is 0 Å². The molecule has 5 nitrogen and oxygen atoms in total. The van der Waals surface area contributed by atoms with Gasteiger partial charge in [-0.15, -0.1) is 0 Å². The molecular weight excluding hydrogens is 280 g/mol. The lowest BCUT2D eigenvalue weighted by Crippen LogP contribution is -2.64. The quantitative estimate of drug-likeness (QED) is 0.890. The van der Waals surface area contributed by atoms with Crippen molar-refractivity contribution < 1.29 is 14.6 Å². The number of carboxylic acids is 1. The Morgan fingerprint density at radius 2 is 2.27 bits per heavy atom. The van der Waals surface area contributed by atoms with Crippen molar-refractivity contribution in [1.29, 1.82) is 0 Å². The molecular formula is C17H24N2O3. The molecule has 0 amide bonds. The second-order valence-corrected chi connectivity index (χ2v) is 6.46. The van der Waals surface area contributed by atoms with Crippen LogP contribution in [0.5, 0.6) is 5.75 Å². The molecule has 1 fully saturated rings. The SMILES string of the molecule is CCCN1CCC2(N)Oc3ccccc3C(CC(=O)O)C2C1. The van der Waals surface area contributed by atoms with Crippen LogP contribution in [-0.4, -0.2) is 41.3 Å². The first-order chi connectivity index (χ1) is 10.5. The zero-order valence-corrected chi connectivity index (χ0v) is 13.0. The molecule has 22 heavy (non-hydrogen) atoms. The van der Waals surface area contributed by atoms with E-state index < -0.39 is 11.7 Å². The maximum absolute atomic E-state index is 11.4. The van der Waals surface area contributed by atoms with Gasteiger partial charge >= 0.3 is 5.97 Å². The van der Waals surface area contributed by atoms with Crippen molar-refractivity contribution in [3.8, 4) is 5.75 Å². The van der Waals surface area contributed by atoms with Gasteiger partial charge < -0.3 is 14.7 Å². The Morgan fingerprint density at radius 1 is 1.50 bits per heavy atom. The van der Waals surface area contributed by atoms with Crippen molar-refractivity contribution >= 4 is 5.97 Å². The van der Waals surface area contributed by atoms with Crippen LogP contribution in [0.4, 0.5) is 0 Å². The minimum absolute atomic E-state index is 0.0128. The Labute approximate surface area is 131 Å². The monoisotopic (exact) mass is 304 g/mol. The van der Waals surface area contributed by atoms with Crippen molar-refractivity contribution in [2.45, 2.75) is 37.8 Å². The lowest BCUT2D eigenvalue weighted by molar-refractivity contribution is -0.139. The molecule has 120 valence electrons. The van der Waals surface area contributed by atoms with Crippen molar-refractivity contribution in [3.63, 3.8) is 0 Å². The zero-order chi connectivity index (χ0) is 15.7. The molecule has 0 aromatic heterocycles. The second-order valence-electron chi connectivity index (χ2n) is 6.46. The molecule has 2 aliphatic heterocycles. The third-order valence-corrected chi connectivity index (χ3v) is 4.94. The van der Waals surface area contributed by atoms with Gasteiger partial charge in [-0.3, -0.25) is 10.5 Å². The van der Waals surface area contributed by atoms with E-state index >= 15 is 0 Å². The van der Waals surface area contributed by atoms with Gasteiger partial charge in [0.25, 0.3) is 0 Å². The van der Waals surface area contributed by atoms with E-state index in [0.717, 1.165) is 43.8 Å². The van der Waals surface area contributed by atoms with Crippen LogP contribution in [0.25, 0.3) is 0 Å². The molecule has 1 aromatic rings. The maximum atomic E-state index is 11.4. The van der Waals surface area contributed by atoms with Crippen molar-refractivity contribution in [2.24, 2.45) is 11.7 Å². The molecule has 2 aliphatic rings. The van der Waals surface area contributed by atoms with E-state index in [2.05, 4.69) is 11.8 Å². The van der Waals surface area contributed by atoms with Crippen LogP contribution in [0.3, 0.4) is 0 Å². The molecule has 5 heteroatoms. The van der Waals surface area contributed by atoms with Crippen molar-refractivity contribution in [3.05, 3.63) is 29.8 Å². The predicted octanol–water partition coefficient (Wildman–Crippen LogP) is 2.02. The normalized spacial score (nSPS) is 31.0. The van der Waals surface area contributed by atoms with E-state index in [0.29, 0.717) is 0 Å². The third kappa shape index (κ3) is 2.71. The van der Waals surface area contributed by atoms with Crippen LogP contribution in [0.15, 0.2) is 24.3 Å². The van der Waals surface area contributed by atoms with Gasteiger partial charge in [-0.1, -0.05) is 25.1 Å². The number of ether oxygens (including phenoxy) is 1. The average molecular weight is 304 g/mol. The second kappa shape index (κ2) is 5.89. The number of para-hydroxylation sites is 1. The number of nitrogens with two attached hydrogens (primary N) is 1. The number of aliphatic carboxylic acids is 1. The molecule has 3 N–H and O–H groups in total. The Bertz CT molecular complexity index is 563. The van der Waals surface area contributed by atoms with Gasteiger partial charge in [-0.25, -0.2) is 0 Å². The van der Waals surface area contributed by atoms with Crippen molar-refractivity contribution in [2.75, 3.05) is 19.6 Å². The van der Waals surface area contributed by atoms with Gasteiger partial charge in [0.15, 0.2) is 5.72 Å². The molecule has 0 radical (unpaired) electrons. The summed E-state index contributed by atoms with van der Waals surface area (Å²) < 4.78 is 6.12. The largest absolute Gasteiger partial charge is 0.481 e. The number of piperidine rings is 1. The van der Waals surface area contributed by atoms with E-state index in [-0.39, 0.29) is 18.3 Å². The van der Waals surface area contributed by atoms with Crippen LogP contribution in [0, 0.1) is 5.92 Å². The zero-order valence-electron chi connectivity index (χ0n) is 13.0. The van der Waals surface area contributed by atoms with Gasteiger partial charge in [0, 0.05) is 31.3 Å². The summed E-state index contributed by atoms with van der Waals surface area (Å²) in [5, 5.41) is 9.34. The van der Waals surface area contributed by atoms with Crippen LogP contribution in [0.1, 0.15) is 37.7 Å². The highest BCUT2D eigenvalue weighted by Crippen LogP contribution is 2.47. The fourth-order valence-electron chi connectivity index (χ4n) is 3.90. The number of hydrogen-bond donors (Lipinski definition) is 2. The number of fused-ring (bicyclic) bond motifs is 2. The van der Waals surface area contributed by atoms with E-state index in [1.54, 1.807) is 0 Å². The first kappa shape index (κ1) is 15.3. The molecule has 3 atom stereocenters. The maximum Gasteiger partial charge on any atom is 0.303 e. The highest BCUT2D eigenvalue weighted by Gasteiger charge is 2.50. The lowest BCUT2D eigenvalue weighted by Gasteiger charge is -2.51. The summed E-state index contributed by atoms with van der Waals surface area (Å²) in [5.74, 6) is -0.112.